The molecule has 1 aromatic rings. The van der Waals surface area contributed by atoms with Gasteiger partial charge in [-0.15, -0.1) is 0 Å². The first-order valence-electron chi connectivity index (χ1n) is 7.68. The summed E-state index contributed by atoms with van der Waals surface area (Å²) in [6.07, 6.45) is 0.907. The van der Waals surface area contributed by atoms with Crippen LogP contribution in [0.15, 0.2) is 18.2 Å². The van der Waals surface area contributed by atoms with E-state index in [-0.39, 0.29) is 17.9 Å². The zero-order chi connectivity index (χ0) is 15.4. The van der Waals surface area contributed by atoms with E-state index in [2.05, 4.69) is 10.6 Å². The topological polar surface area (TPSA) is 68.8 Å². The summed E-state index contributed by atoms with van der Waals surface area (Å²) in [5.41, 5.74) is 1.12. The van der Waals surface area contributed by atoms with Gasteiger partial charge in [-0.1, -0.05) is 6.07 Å². The van der Waals surface area contributed by atoms with Gasteiger partial charge in [0.1, 0.15) is 13.2 Å². The second kappa shape index (κ2) is 6.98. The predicted octanol–water partition coefficient (Wildman–Crippen LogP) is 0.699. The molecule has 2 aliphatic rings. The van der Waals surface area contributed by atoms with Crippen LogP contribution in [0.3, 0.4) is 0 Å². The van der Waals surface area contributed by atoms with Gasteiger partial charge in [0, 0.05) is 19.1 Å². The number of hydrogen-bond acceptors (Lipinski definition) is 6. The van der Waals surface area contributed by atoms with Crippen LogP contribution < -0.4 is 20.1 Å². The van der Waals surface area contributed by atoms with Gasteiger partial charge in [-0.25, -0.2) is 0 Å². The van der Waals surface area contributed by atoms with Crippen molar-refractivity contribution in [2.24, 2.45) is 5.92 Å². The zero-order valence-corrected chi connectivity index (χ0v) is 12.8. The number of piperidine rings is 1. The Labute approximate surface area is 130 Å². The first-order chi connectivity index (χ1) is 10.8. The van der Waals surface area contributed by atoms with E-state index in [1.165, 1.54) is 7.11 Å². The molecular formula is C16H22N2O4. The predicted molar refractivity (Wildman–Crippen MR) is 81.1 cm³/mol. The minimum Gasteiger partial charge on any atom is -0.486 e. The van der Waals surface area contributed by atoms with Crippen LogP contribution in [0, 0.1) is 5.92 Å². The Hall–Kier alpha value is -1.79. The number of rotatable bonds is 4. The third-order valence-electron chi connectivity index (χ3n) is 4.16. The lowest BCUT2D eigenvalue weighted by Crippen LogP contribution is -2.50. The maximum Gasteiger partial charge on any atom is 0.311 e. The number of benzene rings is 1. The number of carbonyl (C=O) groups is 1. The molecule has 120 valence electrons. The van der Waals surface area contributed by atoms with Crippen LogP contribution >= 0.6 is 0 Å². The van der Waals surface area contributed by atoms with Crippen molar-refractivity contribution in [3.05, 3.63) is 23.8 Å². The summed E-state index contributed by atoms with van der Waals surface area (Å²) in [5, 5.41) is 6.71. The summed E-state index contributed by atoms with van der Waals surface area (Å²) in [7, 11) is 1.44. The van der Waals surface area contributed by atoms with Crippen molar-refractivity contribution in [3.8, 4) is 11.5 Å². The van der Waals surface area contributed by atoms with Crippen molar-refractivity contribution in [1.82, 2.24) is 10.6 Å². The second-order valence-corrected chi connectivity index (χ2v) is 5.59. The summed E-state index contributed by atoms with van der Waals surface area (Å²) in [6.45, 7) is 3.44. The van der Waals surface area contributed by atoms with Gasteiger partial charge in [0.15, 0.2) is 11.5 Å². The Morgan fingerprint density at radius 3 is 3.00 bits per heavy atom. The number of methoxy groups -OCH3 is 1. The molecule has 0 aromatic heterocycles. The monoisotopic (exact) mass is 306 g/mol. The fourth-order valence-electron chi connectivity index (χ4n) is 2.95. The molecule has 1 saturated heterocycles. The summed E-state index contributed by atoms with van der Waals surface area (Å²) < 4.78 is 16.0. The number of esters is 1. The molecule has 2 aliphatic heterocycles. The van der Waals surface area contributed by atoms with Crippen molar-refractivity contribution in [3.63, 3.8) is 0 Å². The average molecular weight is 306 g/mol. The highest BCUT2D eigenvalue weighted by Gasteiger charge is 2.31. The van der Waals surface area contributed by atoms with Crippen LogP contribution in [0.25, 0.3) is 0 Å². The quantitative estimate of drug-likeness (QED) is 0.798. The van der Waals surface area contributed by atoms with Crippen molar-refractivity contribution < 1.29 is 19.0 Å². The van der Waals surface area contributed by atoms with E-state index in [1.807, 2.05) is 18.2 Å². The SMILES string of the molecule is COC(=O)C1CNCCC1NCc1ccc2c(c1)OCCO2. The highest BCUT2D eigenvalue weighted by atomic mass is 16.6. The number of carbonyl (C=O) groups excluding carboxylic acids is 1. The van der Waals surface area contributed by atoms with Gasteiger partial charge in [-0.2, -0.15) is 0 Å². The zero-order valence-electron chi connectivity index (χ0n) is 12.8. The Kier molecular flexibility index (Phi) is 4.80. The molecule has 6 nitrogen and oxygen atoms in total. The van der Waals surface area contributed by atoms with E-state index in [0.717, 1.165) is 30.0 Å². The van der Waals surface area contributed by atoms with Gasteiger partial charge in [-0.05, 0) is 30.7 Å². The highest BCUT2D eigenvalue weighted by molar-refractivity contribution is 5.73. The van der Waals surface area contributed by atoms with Crippen LogP contribution in [0.2, 0.25) is 0 Å². The maximum absolute atomic E-state index is 11.8. The van der Waals surface area contributed by atoms with E-state index >= 15 is 0 Å². The van der Waals surface area contributed by atoms with E-state index < -0.39 is 0 Å². The van der Waals surface area contributed by atoms with E-state index in [9.17, 15) is 4.79 Å². The van der Waals surface area contributed by atoms with E-state index in [1.54, 1.807) is 0 Å². The number of ether oxygens (including phenoxy) is 3. The smallest absolute Gasteiger partial charge is 0.311 e. The summed E-state index contributed by atoms with van der Waals surface area (Å²) in [5.74, 6) is 1.28. The lowest BCUT2D eigenvalue weighted by molar-refractivity contribution is -0.147. The lowest BCUT2D eigenvalue weighted by atomic mass is 9.93. The normalized spacial score (nSPS) is 23.9. The average Bonchev–Trinajstić information content (AvgIpc) is 2.59. The fraction of sp³-hybridized carbons (Fsp3) is 0.562. The number of nitrogens with one attached hydrogen (secondary N) is 2. The molecular weight excluding hydrogens is 284 g/mol. The summed E-state index contributed by atoms with van der Waals surface area (Å²) in [6, 6.07) is 6.08. The lowest BCUT2D eigenvalue weighted by Gasteiger charge is -2.31. The van der Waals surface area contributed by atoms with Crippen molar-refractivity contribution in [2.45, 2.75) is 19.0 Å². The van der Waals surface area contributed by atoms with Crippen LogP contribution in [0.5, 0.6) is 11.5 Å². The van der Waals surface area contributed by atoms with E-state index in [4.69, 9.17) is 14.2 Å². The van der Waals surface area contributed by atoms with Crippen LogP contribution in [0.1, 0.15) is 12.0 Å². The number of fused-ring (bicyclic) bond motifs is 1. The summed E-state index contributed by atoms with van der Waals surface area (Å²) in [4.78, 5) is 11.8. The molecule has 0 aliphatic carbocycles. The van der Waals surface area contributed by atoms with Crippen LogP contribution in [-0.4, -0.2) is 45.4 Å². The molecule has 0 amide bonds. The molecule has 1 fully saturated rings. The molecule has 0 saturated carbocycles. The van der Waals surface area contributed by atoms with Gasteiger partial charge in [-0.3, -0.25) is 4.79 Å². The van der Waals surface area contributed by atoms with Crippen molar-refractivity contribution in [1.29, 1.82) is 0 Å². The highest BCUT2D eigenvalue weighted by Crippen LogP contribution is 2.30. The molecule has 2 N–H and O–H groups in total. The van der Waals surface area contributed by atoms with Gasteiger partial charge in [0.25, 0.3) is 0 Å². The summed E-state index contributed by atoms with van der Waals surface area (Å²) >= 11 is 0. The Bertz CT molecular complexity index is 535. The molecule has 0 spiro atoms. The third kappa shape index (κ3) is 3.34. The van der Waals surface area contributed by atoms with Crippen molar-refractivity contribution in [2.75, 3.05) is 33.4 Å². The molecule has 22 heavy (non-hydrogen) atoms. The van der Waals surface area contributed by atoms with Crippen LogP contribution in [-0.2, 0) is 16.1 Å². The molecule has 2 atom stereocenters. The first kappa shape index (κ1) is 15.1. The van der Waals surface area contributed by atoms with E-state index in [0.29, 0.717) is 26.3 Å². The molecule has 2 unspecified atom stereocenters. The number of hydrogen-bond donors (Lipinski definition) is 2. The third-order valence-corrected chi connectivity index (χ3v) is 4.16. The largest absolute Gasteiger partial charge is 0.486 e. The Morgan fingerprint density at radius 2 is 2.18 bits per heavy atom. The standard InChI is InChI=1S/C16H22N2O4/c1-20-16(19)12-10-17-5-4-13(12)18-9-11-2-3-14-15(8-11)22-7-6-21-14/h2-3,8,12-13,17-18H,4-7,9-10H2,1H3. The Balaban J connectivity index is 1.62. The molecule has 0 bridgehead atoms. The van der Waals surface area contributed by atoms with Gasteiger partial charge >= 0.3 is 5.97 Å². The Morgan fingerprint density at radius 1 is 1.36 bits per heavy atom. The minimum absolute atomic E-state index is 0.127. The fourth-order valence-corrected chi connectivity index (χ4v) is 2.95. The molecule has 3 rings (SSSR count). The van der Waals surface area contributed by atoms with Gasteiger partial charge in [0.2, 0.25) is 0 Å². The molecule has 6 heteroatoms. The van der Waals surface area contributed by atoms with Gasteiger partial charge < -0.3 is 24.8 Å². The molecule has 2 heterocycles. The molecule has 0 radical (unpaired) electrons. The van der Waals surface area contributed by atoms with Gasteiger partial charge in [0.05, 0.1) is 13.0 Å². The molecule has 1 aromatic carbocycles. The van der Waals surface area contributed by atoms with Crippen LogP contribution in [0.4, 0.5) is 0 Å². The minimum atomic E-state index is -0.160. The second-order valence-electron chi connectivity index (χ2n) is 5.59. The first-order valence-corrected chi connectivity index (χ1v) is 7.68. The van der Waals surface area contributed by atoms with Crippen molar-refractivity contribution >= 4 is 5.97 Å². The maximum atomic E-state index is 11.8.